The topological polar surface area (TPSA) is 30.8 Å². The van der Waals surface area contributed by atoms with Gasteiger partial charge in [-0.05, 0) is 13.0 Å². The number of rotatable bonds is 5. The van der Waals surface area contributed by atoms with Crippen molar-refractivity contribution >= 4 is 21.8 Å². The fourth-order valence-corrected chi connectivity index (χ4v) is 0.802. The van der Waals surface area contributed by atoms with E-state index in [1.54, 1.807) is 6.92 Å². The first-order chi connectivity index (χ1) is 5.81. The molecule has 0 atom stereocenters. The quantitative estimate of drug-likeness (QED) is 0.183. The van der Waals surface area contributed by atoms with Crippen molar-refractivity contribution in [2.45, 2.75) is 13.8 Å². The van der Waals surface area contributed by atoms with E-state index in [0.29, 0.717) is 19.1 Å². The highest BCUT2D eigenvalue weighted by Crippen LogP contribution is 1.86. The molecule has 0 heterocycles. The molecule has 0 saturated carbocycles. The highest BCUT2D eigenvalue weighted by Gasteiger charge is 1.86. The lowest BCUT2D eigenvalue weighted by Crippen LogP contribution is -1.99. The Labute approximate surface area is 81.5 Å². The van der Waals surface area contributed by atoms with Crippen LogP contribution in [0.5, 0.6) is 0 Å². The van der Waals surface area contributed by atoms with Gasteiger partial charge in [0.25, 0.3) is 0 Å². The molecule has 0 amide bonds. The average Bonchev–Trinajstić information content (AvgIpc) is 2.05. The number of ether oxygens (including phenoxy) is 1. The Hall–Kier alpha value is -0.510. The SMILES string of the molecule is CCO/C(C)=N/OC/C=C/CBr. The molecular formula is C8H14BrNO2. The largest absolute Gasteiger partial charge is 0.479 e. The van der Waals surface area contributed by atoms with Gasteiger partial charge in [0.05, 0.1) is 6.61 Å². The summed E-state index contributed by atoms with van der Waals surface area (Å²) in [6, 6.07) is 0. The monoisotopic (exact) mass is 235 g/mol. The Balaban J connectivity index is 3.39. The van der Waals surface area contributed by atoms with Gasteiger partial charge in [-0.2, -0.15) is 0 Å². The molecule has 0 aromatic heterocycles. The smallest absolute Gasteiger partial charge is 0.222 e. The fourth-order valence-electron chi connectivity index (χ4n) is 0.537. The molecule has 0 aliphatic carbocycles. The lowest BCUT2D eigenvalue weighted by atomic mass is 10.6. The molecule has 0 fully saturated rings. The van der Waals surface area contributed by atoms with Gasteiger partial charge in [0.15, 0.2) is 0 Å². The van der Waals surface area contributed by atoms with Crippen LogP contribution >= 0.6 is 15.9 Å². The van der Waals surface area contributed by atoms with Crippen LogP contribution in [0.15, 0.2) is 17.3 Å². The van der Waals surface area contributed by atoms with E-state index >= 15 is 0 Å². The van der Waals surface area contributed by atoms with Crippen molar-refractivity contribution in [3.63, 3.8) is 0 Å². The first-order valence-corrected chi connectivity index (χ1v) is 4.93. The van der Waals surface area contributed by atoms with E-state index in [9.17, 15) is 0 Å². The third-order valence-corrected chi connectivity index (χ3v) is 1.35. The summed E-state index contributed by atoms with van der Waals surface area (Å²) < 4.78 is 5.04. The Bertz CT molecular complexity index is 157. The predicted molar refractivity (Wildman–Crippen MR) is 53.6 cm³/mol. The number of alkyl halides is 1. The summed E-state index contributed by atoms with van der Waals surface area (Å²) in [7, 11) is 0. The van der Waals surface area contributed by atoms with E-state index in [2.05, 4.69) is 21.1 Å². The van der Waals surface area contributed by atoms with E-state index < -0.39 is 0 Å². The Morgan fingerprint density at radius 3 is 2.83 bits per heavy atom. The van der Waals surface area contributed by atoms with Gasteiger partial charge < -0.3 is 9.57 Å². The summed E-state index contributed by atoms with van der Waals surface area (Å²) in [4.78, 5) is 4.91. The number of hydrogen-bond donors (Lipinski definition) is 0. The molecule has 0 spiro atoms. The zero-order chi connectivity index (χ0) is 9.23. The first kappa shape index (κ1) is 11.5. The van der Waals surface area contributed by atoms with Crippen molar-refractivity contribution < 1.29 is 9.57 Å². The highest BCUT2D eigenvalue weighted by atomic mass is 79.9. The van der Waals surface area contributed by atoms with Crippen LogP contribution < -0.4 is 0 Å². The van der Waals surface area contributed by atoms with Gasteiger partial charge in [-0.1, -0.05) is 27.2 Å². The molecule has 0 unspecified atom stereocenters. The Morgan fingerprint density at radius 2 is 2.25 bits per heavy atom. The van der Waals surface area contributed by atoms with Gasteiger partial charge in [-0.3, -0.25) is 0 Å². The minimum Gasteiger partial charge on any atom is -0.479 e. The zero-order valence-corrected chi connectivity index (χ0v) is 9.00. The van der Waals surface area contributed by atoms with Crippen molar-refractivity contribution in [1.82, 2.24) is 0 Å². The van der Waals surface area contributed by atoms with Gasteiger partial charge in [0.1, 0.15) is 6.61 Å². The zero-order valence-electron chi connectivity index (χ0n) is 7.42. The third-order valence-electron chi connectivity index (χ3n) is 0.973. The molecule has 0 N–H and O–H groups in total. The van der Waals surface area contributed by atoms with Crippen molar-refractivity contribution in [2.24, 2.45) is 5.16 Å². The van der Waals surface area contributed by atoms with Gasteiger partial charge in [0, 0.05) is 12.3 Å². The first-order valence-electron chi connectivity index (χ1n) is 3.81. The predicted octanol–water partition coefficient (Wildman–Crippen LogP) is 2.32. The molecule has 0 aromatic rings. The van der Waals surface area contributed by atoms with Crippen LogP contribution in [0.2, 0.25) is 0 Å². The number of halogens is 1. The second-order valence-electron chi connectivity index (χ2n) is 1.96. The maximum absolute atomic E-state index is 5.04. The van der Waals surface area contributed by atoms with E-state index in [4.69, 9.17) is 9.57 Å². The highest BCUT2D eigenvalue weighted by molar-refractivity contribution is 9.09. The van der Waals surface area contributed by atoms with Crippen molar-refractivity contribution in [3.05, 3.63) is 12.2 Å². The minimum atomic E-state index is 0.482. The third kappa shape index (κ3) is 7.60. The molecule has 0 rings (SSSR count). The van der Waals surface area contributed by atoms with Crippen LogP contribution in [0, 0.1) is 0 Å². The van der Waals surface area contributed by atoms with E-state index in [1.165, 1.54) is 0 Å². The average molecular weight is 236 g/mol. The van der Waals surface area contributed by atoms with Crippen molar-refractivity contribution in [2.75, 3.05) is 18.5 Å². The summed E-state index contributed by atoms with van der Waals surface area (Å²) in [5, 5.41) is 4.55. The molecule has 0 radical (unpaired) electrons. The summed E-state index contributed by atoms with van der Waals surface area (Å²) in [6.07, 6.45) is 3.84. The second kappa shape index (κ2) is 8.59. The molecule has 3 nitrogen and oxygen atoms in total. The molecule has 0 aromatic carbocycles. The van der Waals surface area contributed by atoms with Crippen LogP contribution in [0.1, 0.15) is 13.8 Å². The molecule has 12 heavy (non-hydrogen) atoms. The van der Waals surface area contributed by atoms with Crippen LogP contribution in [-0.2, 0) is 9.57 Å². The lowest BCUT2D eigenvalue weighted by molar-refractivity contribution is 0.159. The van der Waals surface area contributed by atoms with Gasteiger partial charge in [-0.25, -0.2) is 0 Å². The molecule has 0 aliphatic rings. The molecule has 0 saturated heterocycles. The normalized spacial score (nSPS) is 12.1. The maximum atomic E-state index is 5.04. The summed E-state index contributed by atoms with van der Waals surface area (Å²) >= 11 is 3.25. The summed E-state index contributed by atoms with van der Waals surface area (Å²) in [5.74, 6) is 0.560. The van der Waals surface area contributed by atoms with E-state index in [0.717, 1.165) is 5.33 Å². The van der Waals surface area contributed by atoms with Crippen molar-refractivity contribution in [3.8, 4) is 0 Å². The van der Waals surface area contributed by atoms with Crippen LogP contribution in [0.3, 0.4) is 0 Å². The molecule has 70 valence electrons. The Kier molecular flexibility index (Phi) is 8.22. The van der Waals surface area contributed by atoms with Crippen LogP contribution in [-0.4, -0.2) is 24.4 Å². The van der Waals surface area contributed by atoms with Gasteiger partial charge >= 0.3 is 0 Å². The Morgan fingerprint density at radius 1 is 1.50 bits per heavy atom. The fraction of sp³-hybridized carbons (Fsp3) is 0.625. The van der Waals surface area contributed by atoms with Crippen LogP contribution in [0.25, 0.3) is 0 Å². The van der Waals surface area contributed by atoms with E-state index in [-0.39, 0.29) is 0 Å². The standard InChI is InChI=1S/C8H14BrNO2/c1-3-11-8(2)10-12-7-5-4-6-9/h4-5H,3,6-7H2,1-2H3/b5-4+,10-8+. The lowest BCUT2D eigenvalue weighted by Gasteiger charge is -1.99. The minimum absolute atomic E-state index is 0.482. The summed E-state index contributed by atoms with van der Waals surface area (Å²) in [6.45, 7) is 4.77. The molecule has 0 bridgehead atoms. The molecule has 4 heteroatoms. The molecular weight excluding hydrogens is 222 g/mol. The number of hydrogen-bond acceptors (Lipinski definition) is 3. The molecule has 0 aliphatic heterocycles. The number of allylic oxidation sites excluding steroid dienone is 1. The van der Waals surface area contributed by atoms with Gasteiger partial charge in [0.2, 0.25) is 5.90 Å². The number of oxime groups is 1. The summed E-state index contributed by atoms with van der Waals surface area (Å²) in [5.41, 5.74) is 0. The number of nitrogens with zero attached hydrogens (tertiary/aromatic N) is 1. The second-order valence-corrected chi connectivity index (χ2v) is 2.61. The van der Waals surface area contributed by atoms with Crippen LogP contribution in [0.4, 0.5) is 0 Å². The maximum Gasteiger partial charge on any atom is 0.222 e. The van der Waals surface area contributed by atoms with Gasteiger partial charge in [-0.15, -0.1) is 0 Å². The van der Waals surface area contributed by atoms with Crippen molar-refractivity contribution in [1.29, 1.82) is 0 Å². The van der Waals surface area contributed by atoms with E-state index in [1.807, 2.05) is 19.1 Å².